The quantitative estimate of drug-likeness (QED) is 0.0612. The maximum Gasteiger partial charge on any atom is 0.510 e. The highest BCUT2D eigenvalue weighted by molar-refractivity contribution is 7.51. The molecule has 0 aromatic carbocycles. The number of rotatable bonds is 13. The third-order valence-corrected chi connectivity index (χ3v) is 12.9. The van der Waals surface area contributed by atoms with Gasteiger partial charge >= 0.3 is 31.7 Å². The molecule has 0 aromatic heterocycles. The Morgan fingerprint density at radius 2 is 1.57 bits per heavy atom. The minimum atomic E-state index is -4.79. The van der Waals surface area contributed by atoms with Crippen LogP contribution in [0.4, 0.5) is 4.79 Å². The molecule has 15 heteroatoms. The molecular formula is C31H49O14P. The standard InChI is InChI=1S/C31H49O14P/c1-17(4-7-25(33)34)21-5-6-22-26-23(9-11-31(21,22)3)30(2)10-8-19(12-18(30)13-24(26)32)45-29(38)44-16-42-15-43-28(37)20(27(35)36)14-46(39,40)41/h17-24,26,32H,4-16H2,1-3H3,(H,33,34)(H,35,36)(H2,39,40,41)/t17-,18+,19-,20?,21?,22?,23?,24+,26?,30+,31-/m1/s1. The molecule has 14 nitrogen and oxygen atoms in total. The molecule has 4 saturated carbocycles. The van der Waals surface area contributed by atoms with Crippen molar-refractivity contribution in [2.24, 2.45) is 52.3 Å². The van der Waals surface area contributed by atoms with Crippen molar-refractivity contribution in [2.45, 2.75) is 97.2 Å². The van der Waals surface area contributed by atoms with Crippen LogP contribution in [0.15, 0.2) is 0 Å². The molecule has 0 amide bonds. The van der Waals surface area contributed by atoms with Crippen molar-refractivity contribution in [3.05, 3.63) is 0 Å². The van der Waals surface area contributed by atoms with Gasteiger partial charge in [-0.25, -0.2) is 4.79 Å². The number of ether oxygens (including phenoxy) is 4. The van der Waals surface area contributed by atoms with Gasteiger partial charge in [0, 0.05) is 6.42 Å². The zero-order chi connectivity index (χ0) is 34.0. The number of carboxylic acid groups (broad SMARTS) is 2. The van der Waals surface area contributed by atoms with Gasteiger partial charge in [-0.05, 0) is 104 Å². The van der Waals surface area contributed by atoms with E-state index < -0.39 is 69.5 Å². The normalized spacial score (nSPS) is 36.7. The number of carbonyl (C=O) groups excluding carboxylic acids is 2. The molecule has 46 heavy (non-hydrogen) atoms. The second-order valence-corrected chi connectivity index (χ2v) is 16.2. The maximum absolute atomic E-state index is 12.3. The van der Waals surface area contributed by atoms with Gasteiger partial charge in [0.25, 0.3) is 0 Å². The fourth-order valence-electron chi connectivity index (χ4n) is 9.80. The average Bonchev–Trinajstić information content (AvgIpc) is 3.31. The van der Waals surface area contributed by atoms with E-state index in [-0.39, 0.29) is 29.1 Å². The Kier molecular flexibility index (Phi) is 11.5. The number of fused-ring (bicyclic) bond motifs is 5. The van der Waals surface area contributed by atoms with Gasteiger partial charge in [0.1, 0.15) is 6.10 Å². The maximum atomic E-state index is 12.3. The van der Waals surface area contributed by atoms with Crippen molar-refractivity contribution >= 4 is 31.7 Å². The number of hydrogen-bond donors (Lipinski definition) is 5. The van der Waals surface area contributed by atoms with E-state index in [9.17, 15) is 34.0 Å². The Labute approximate surface area is 268 Å². The van der Waals surface area contributed by atoms with Gasteiger partial charge in [0.15, 0.2) is 19.5 Å². The monoisotopic (exact) mass is 676 g/mol. The Morgan fingerprint density at radius 3 is 2.22 bits per heavy atom. The van der Waals surface area contributed by atoms with Crippen LogP contribution in [0.2, 0.25) is 0 Å². The Morgan fingerprint density at radius 1 is 0.913 bits per heavy atom. The predicted molar refractivity (Wildman–Crippen MR) is 159 cm³/mol. The first-order valence-electron chi connectivity index (χ1n) is 16.2. The van der Waals surface area contributed by atoms with E-state index in [1.165, 1.54) is 0 Å². The summed E-state index contributed by atoms with van der Waals surface area (Å²) in [4.78, 5) is 64.4. The lowest BCUT2D eigenvalue weighted by molar-refractivity contribution is -0.179. The van der Waals surface area contributed by atoms with E-state index in [0.717, 1.165) is 32.1 Å². The second-order valence-electron chi connectivity index (χ2n) is 14.5. The molecule has 0 aromatic rings. The van der Waals surface area contributed by atoms with Crippen molar-refractivity contribution in [3.8, 4) is 0 Å². The summed E-state index contributed by atoms with van der Waals surface area (Å²) in [5, 5.41) is 29.8. The molecule has 0 aliphatic heterocycles. The van der Waals surface area contributed by atoms with Crippen molar-refractivity contribution < 1.29 is 67.8 Å². The molecular weight excluding hydrogens is 627 g/mol. The number of esters is 1. The second kappa shape index (κ2) is 14.5. The van der Waals surface area contributed by atoms with Gasteiger partial charge in [0.05, 0.1) is 12.3 Å². The molecule has 262 valence electrons. The lowest BCUT2D eigenvalue weighted by atomic mass is 9.43. The van der Waals surface area contributed by atoms with Gasteiger partial charge in [-0.3, -0.25) is 18.9 Å². The molecule has 11 atom stereocenters. The summed E-state index contributed by atoms with van der Waals surface area (Å²) in [5.74, 6) is -4.08. The number of carboxylic acids is 2. The first kappa shape index (κ1) is 36.6. The van der Waals surface area contributed by atoms with Crippen molar-refractivity contribution in [3.63, 3.8) is 0 Å². The van der Waals surface area contributed by atoms with E-state index in [1.807, 2.05) is 0 Å². The number of aliphatic hydroxyl groups excluding tert-OH is 1. The lowest BCUT2D eigenvalue weighted by Gasteiger charge is -2.62. The first-order valence-corrected chi connectivity index (χ1v) is 18.0. The SMILES string of the molecule is C[C@H](CCC(=O)O)C1CCC2C3C(CC[C@@]21C)[C@@]1(C)CC[C@@H](OC(=O)OCOCOC(=O)C(CP(=O)(O)O)C(=O)O)C[C@H]1C[C@@H]3O. The van der Waals surface area contributed by atoms with E-state index >= 15 is 0 Å². The van der Waals surface area contributed by atoms with Gasteiger partial charge < -0.3 is 44.1 Å². The molecule has 0 saturated heterocycles. The van der Waals surface area contributed by atoms with Gasteiger partial charge in [0.2, 0.25) is 0 Å². The summed E-state index contributed by atoms with van der Waals surface area (Å²) in [6.45, 7) is 5.42. The van der Waals surface area contributed by atoms with E-state index in [4.69, 9.17) is 29.1 Å². The number of carbonyl (C=O) groups is 4. The van der Waals surface area contributed by atoms with Crippen LogP contribution < -0.4 is 0 Å². The molecule has 0 bridgehead atoms. The highest BCUT2D eigenvalue weighted by Crippen LogP contribution is 2.68. The van der Waals surface area contributed by atoms with Crippen LogP contribution >= 0.6 is 7.60 Å². The summed E-state index contributed by atoms with van der Waals surface area (Å²) < 4.78 is 30.9. The summed E-state index contributed by atoms with van der Waals surface area (Å²) in [5.41, 5.74) is 0.0944. The Hall–Kier alpha value is -2.25. The van der Waals surface area contributed by atoms with Crippen molar-refractivity contribution in [1.82, 2.24) is 0 Å². The predicted octanol–water partition coefficient (Wildman–Crippen LogP) is 3.99. The van der Waals surface area contributed by atoms with Crippen LogP contribution in [0.1, 0.15) is 85.0 Å². The van der Waals surface area contributed by atoms with Crippen LogP contribution in [0.25, 0.3) is 0 Å². The zero-order valence-corrected chi connectivity index (χ0v) is 27.6. The highest BCUT2D eigenvalue weighted by atomic mass is 31.2. The minimum absolute atomic E-state index is 0.00257. The van der Waals surface area contributed by atoms with Crippen LogP contribution in [-0.2, 0) is 37.9 Å². The van der Waals surface area contributed by atoms with Crippen molar-refractivity contribution in [2.75, 3.05) is 19.7 Å². The van der Waals surface area contributed by atoms with Gasteiger partial charge in [-0.15, -0.1) is 0 Å². The van der Waals surface area contributed by atoms with E-state index in [2.05, 4.69) is 25.5 Å². The average molecular weight is 677 g/mol. The first-order chi connectivity index (χ1) is 21.5. The minimum Gasteiger partial charge on any atom is -0.481 e. The smallest absolute Gasteiger partial charge is 0.481 e. The molecule has 4 aliphatic carbocycles. The largest absolute Gasteiger partial charge is 0.510 e. The fraction of sp³-hybridized carbons (Fsp3) is 0.871. The van der Waals surface area contributed by atoms with E-state index in [0.29, 0.717) is 49.4 Å². The van der Waals surface area contributed by atoms with Gasteiger partial charge in [-0.2, -0.15) is 0 Å². The number of aliphatic carboxylic acids is 2. The molecule has 0 radical (unpaired) electrons. The number of hydrogen-bond acceptors (Lipinski definition) is 10. The summed E-state index contributed by atoms with van der Waals surface area (Å²) in [6, 6.07) is 0. The molecule has 5 N–H and O–H groups in total. The third kappa shape index (κ3) is 8.06. The zero-order valence-electron chi connectivity index (χ0n) is 26.7. The molecule has 4 rings (SSSR count). The van der Waals surface area contributed by atoms with Gasteiger partial charge in [-0.1, -0.05) is 20.8 Å². The molecule has 0 spiro atoms. The Bertz CT molecular complexity index is 1190. The lowest BCUT2D eigenvalue weighted by Crippen LogP contribution is -2.58. The van der Waals surface area contributed by atoms with Crippen LogP contribution in [0.5, 0.6) is 0 Å². The van der Waals surface area contributed by atoms with E-state index in [1.54, 1.807) is 0 Å². The fourth-order valence-corrected chi connectivity index (χ4v) is 10.6. The summed E-state index contributed by atoms with van der Waals surface area (Å²) in [6.07, 6.45) is 4.73. The third-order valence-electron chi connectivity index (χ3n) is 12.0. The van der Waals surface area contributed by atoms with Crippen LogP contribution in [-0.4, -0.2) is 81.1 Å². The molecule has 5 unspecified atom stereocenters. The van der Waals surface area contributed by atoms with Crippen LogP contribution in [0.3, 0.4) is 0 Å². The topological polar surface area (TPSA) is 223 Å². The molecule has 4 aliphatic rings. The summed E-state index contributed by atoms with van der Waals surface area (Å²) in [7, 11) is -4.79. The molecule has 0 heterocycles. The summed E-state index contributed by atoms with van der Waals surface area (Å²) >= 11 is 0. The molecule has 4 fully saturated rings. The van der Waals surface area contributed by atoms with Crippen molar-refractivity contribution in [1.29, 1.82) is 0 Å². The highest BCUT2D eigenvalue weighted by Gasteiger charge is 2.63. The Balaban J connectivity index is 1.25. The van der Waals surface area contributed by atoms with Crippen LogP contribution in [0, 0.1) is 52.3 Å². The number of aliphatic hydroxyl groups is 1.